The van der Waals surface area contributed by atoms with Gasteiger partial charge in [-0.05, 0) is 36.8 Å². The average molecular weight is 449 g/mol. The van der Waals surface area contributed by atoms with Crippen LogP contribution in [0.5, 0.6) is 17.2 Å². The molecule has 1 unspecified atom stereocenters. The summed E-state index contributed by atoms with van der Waals surface area (Å²) in [5.41, 5.74) is -1.71. The van der Waals surface area contributed by atoms with Crippen LogP contribution in [0.2, 0.25) is 0 Å². The van der Waals surface area contributed by atoms with Gasteiger partial charge in [-0.3, -0.25) is 4.79 Å². The summed E-state index contributed by atoms with van der Waals surface area (Å²) >= 11 is 0. The highest BCUT2D eigenvalue weighted by Crippen LogP contribution is 2.35. The molecule has 0 saturated carbocycles. The van der Waals surface area contributed by atoms with E-state index >= 15 is 0 Å². The third-order valence-electron chi connectivity index (χ3n) is 4.84. The summed E-state index contributed by atoms with van der Waals surface area (Å²) in [4.78, 5) is 23.8. The van der Waals surface area contributed by atoms with Crippen molar-refractivity contribution in [3.63, 3.8) is 0 Å². The molecule has 10 heteroatoms. The van der Waals surface area contributed by atoms with Crippen LogP contribution in [0.3, 0.4) is 0 Å². The van der Waals surface area contributed by atoms with E-state index in [-0.39, 0.29) is 29.4 Å². The molecule has 0 spiro atoms. The van der Waals surface area contributed by atoms with Crippen LogP contribution in [0, 0.1) is 0 Å². The Kier molecular flexibility index (Phi) is 5.68. The molecule has 1 N–H and O–H groups in total. The molecule has 32 heavy (non-hydrogen) atoms. The Labute approximate surface area is 179 Å². The Morgan fingerprint density at radius 1 is 1.09 bits per heavy atom. The monoisotopic (exact) mass is 449 g/mol. The van der Waals surface area contributed by atoms with Gasteiger partial charge < -0.3 is 23.9 Å². The van der Waals surface area contributed by atoms with Crippen molar-refractivity contribution in [2.45, 2.75) is 19.1 Å². The molecule has 0 bridgehead atoms. The van der Waals surface area contributed by atoms with Crippen LogP contribution in [0.1, 0.15) is 24.1 Å². The second-order valence-corrected chi connectivity index (χ2v) is 7.12. The van der Waals surface area contributed by atoms with Crippen LogP contribution < -0.4 is 25.2 Å². The van der Waals surface area contributed by atoms with Crippen molar-refractivity contribution in [2.24, 2.45) is 0 Å². The number of amides is 1. The Bertz CT molecular complexity index is 1220. The summed E-state index contributed by atoms with van der Waals surface area (Å²) in [6, 6.07) is 8.94. The van der Waals surface area contributed by atoms with Crippen molar-refractivity contribution in [1.29, 1.82) is 0 Å². The van der Waals surface area contributed by atoms with Gasteiger partial charge in [0.05, 0.1) is 11.6 Å². The molecule has 4 rings (SSSR count). The molecule has 1 aliphatic rings. The quantitative estimate of drug-likeness (QED) is 0.596. The van der Waals surface area contributed by atoms with E-state index in [1.165, 1.54) is 6.07 Å². The summed E-state index contributed by atoms with van der Waals surface area (Å²) in [6.07, 6.45) is -4.71. The van der Waals surface area contributed by atoms with Crippen LogP contribution in [0.4, 0.5) is 13.2 Å². The van der Waals surface area contributed by atoms with E-state index in [0.29, 0.717) is 30.8 Å². The number of nitrogens with one attached hydrogen (secondary N) is 1. The van der Waals surface area contributed by atoms with Crippen molar-refractivity contribution >= 4 is 16.9 Å². The SMILES string of the molecule is CC(NC(=O)COc1ccc2c(C(F)(F)F)cc(=O)oc2c1)c1ccc2c(c1)OCCO2. The van der Waals surface area contributed by atoms with Gasteiger partial charge in [-0.2, -0.15) is 13.2 Å². The largest absolute Gasteiger partial charge is 0.486 e. The molecular formula is C22H18F3NO6. The first-order valence-electron chi connectivity index (χ1n) is 9.67. The van der Waals surface area contributed by atoms with Gasteiger partial charge in [0, 0.05) is 17.5 Å². The minimum absolute atomic E-state index is 0.0853. The number of carbonyl (C=O) groups is 1. The number of fused-ring (bicyclic) bond motifs is 2. The molecule has 0 aliphatic carbocycles. The Hall–Kier alpha value is -3.69. The fourth-order valence-electron chi connectivity index (χ4n) is 3.31. The number of hydrogen-bond acceptors (Lipinski definition) is 6. The van der Waals surface area contributed by atoms with E-state index in [1.54, 1.807) is 19.1 Å². The number of carbonyl (C=O) groups excluding carboxylic acids is 1. The molecule has 2 heterocycles. The molecular weight excluding hydrogens is 431 g/mol. The number of rotatable bonds is 5. The topological polar surface area (TPSA) is 87.0 Å². The molecule has 0 radical (unpaired) electrons. The minimum atomic E-state index is -4.71. The van der Waals surface area contributed by atoms with Crippen LogP contribution in [-0.2, 0) is 11.0 Å². The summed E-state index contributed by atoms with van der Waals surface area (Å²) in [5.74, 6) is 0.876. The summed E-state index contributed by atoms with van der Waals surface area (Å²) in [7, 11) is 0. The van der Waals surface area contributed by atoms with Crippen LogP contribution in [0.25, 0.3) is 11.0 Å². The van der Waals surface area contributed by atoms with Gasteiger partial charge in [0.15, 0.2) is 18.1 Å². The predicted molar refractivity (Wildman–Crippen MR) is 107 cm³/mol. The molecule has 1 amide bonds. The van der Waals surface area contributed by atoms with Crippen LogP contribution >= 0.6 is 0 Å². The lowest BCUT2D eigenvalue weighted by atomic mass is 10.1. The van der Waals surface area contributed by atoms with Gasteiger partial charge in [-0.25, -0.2) is 4.79 Å². The normalized spacial score (nSPS) is 14.1. The van der Waals surface area contributed by atoms with Crippen molar-refractivity contribution < 1.29 is 36.6 Å². The highest BCUT2D eigenvalue weighted by molar-refractivity contribution is 5.82. The third kappa shape index (κ3) is 4.63. The van der Waals surface area contributed by atoms with Crippen molar-refractivity contribution in [3.05, 3.63) is 64.0 Å². The highest BCUT2D eigenvalue weighted by atomic mass is 19.4. The Morgan fingerprint density at radius 2 is 1.84 bits per heavy atom. The maximum Gasteiger partial charge on any atom is 0.417 e. The number of ether oxygens (including phenoxy) is 3. The lowest BCUT2D eigenvalue weighted by Crippen LogP contribution is -2.31. The second-order valence-electron chi connectivity index (χ2n) is 7.12. The number of benzene rings is 2. The molecule has 3 aromatic rings. The molecule has 0 saturated heterocycles. The summed E-state index contributed by atoms with van der Waals surface area (Å²) in [6.45, 7) is 2.32. The summed E-state index contributed by atoms with van der Waals surface area (Å²) < 4.78 is 60.6. The highest BCUT2D eigenvalue weighted by Gasteiger charge is 2.33. The molecule has 0 fully saturated rings. The molecule has 168 valence electrons. The Balaban J connectivity index is 1.42. The molecule has 1 atom stereocenters. The van der Waals surface area contributed by atoms with Gasteiger partial charge in [0.2, 0.25) is 0 Å². The fraction of sp³-hybridized carbons (Fsp3) is 0.273. The first-order chi connectivity index (χ1) is 15.2. The van der Waals surface area contributed by atoms with Crippen molar-refractivity contribution in [1.82, 2.24) is 5.32 Å². The zero-order valence-electron chi connectivity index (χ0n) is 16.8. The van der Waals surface area contributed by atoms with Gasteiger partial charge in [-0.15, -0.1) is 0 Å². The van der Waals surface area contributed by atoms with E-state index in [0.717, 1.165) is 17.7 Å². The Morgan fingerprint density at radius 3 is 2.59 bits per heavy atom. The van der Waals surface area contributed by atoms with E-state index in [1.807, 2.05) is 6.07 Å². The van der Waals surface area contributed by atoms with Gasteiger partial charge in [-0.1, -0.05) is 6.07 Å². The zero-order chi connectivity index (χ0) is 22.9. The van der Waals surface area contributed by atoms with Crippen molar-refractivity contribution in [3.8, 4) is 17.2 Å². The van der Waals surface area contributed by atoms with E-state index < -0.39 is 23.3 Å². The smallest absolute Gasteiger partial charge is 0.417 e. The maximum absolute atomic E-state index is 13.1. The molecule has 2 aromatic carbocycles. The van der Waals surface area contributed by atoms with E-state index in [2.05, 4.69) is 5.32 Å². The van der Waals surface area contributed by atoms with E-state index in [4.69, 9.17) is 18.6 Å². The number of hydrogen-bond donors (Lipinski definition) is 1. The fourth-order valence-corrected chi connectivity index (χ4v) is 3.31. The van der Waals surface area contributed by atoms with Gasteiger partial charge in [0.1, 0.15) is 24.5 Å². The van der Waals surface area contributed by atoms with Crippen LogP contribution in [-0.4, -0.2) is 25.7 Å². The first-order valence-corrected chi connectivity index (χ1v) is 9.67. The van der Waals surface area contributed by atoms with Crippen LogP contribution in [0.15, 0.2) is 51.7 Å². The zero-order valence-corrected chi connectivity index (χ0v) is 16.8. The third-order valence-corrected chi connectivity index (χ3v) is 4.84. The average Bonchev–Trinajstić information content (AvgIpc) is 2.75. The molecule has 1 aromatic heterocycles. The molecule has 7 nitrogen and oxygen atoms in total. The predicted octanol–water partition coefficient (Wildman–Crippen LogP) is 3.84. The second kappa shape index (κ2) is 8.45. The lowest BCUT2D eigenvalue weighted by Gasteiger charge is -2.21. The lowest BCUT2D eigenvalue weighted by molar-refractivity contribution is -0.136. The maximum atomic E-state index is 13.1. The minimum Gasteiger partial charge on any atom is -0.486 e. The van der Waals surface area contributed by atoms with Gasteiger partial charge in [0.25, 0.3) is 5.91 Å². The van der Waals surface area contributed by atoms with Crippen molar-refractivity contribution in [2.75, 3.05) is 19.8 Å². The standard InChI is InChI=1S/C22H18F3NO6/c1-12(13-2-5-17-19(8-13)30-7-6-29-17)26-20(27)11-31-14-3-4-15-16(22(23,24)25)10-21(28)32-18(15)9-14/h2-5,8-10,12H,6-7,11H2,1H3,(H,26,27). The van der Waals surface area contributed by atoms with E-state index in [9.17, 15) is 22.8 Å². The van der Waals surface area contributed by atoms with Gasteiger partial charge >= 0.3 is 11.8 Å². The molecule has 1 aliphatic heterocycles. The summed E-state index contributed by atoms with van der Waals surface area (Å²) in [5, 5.41) is 2.49. The first kappa shape index (κ1) is 21.5. The number of halogens is 3. The number of alkyl halides is 3.